The highest BCUT2D eigenvalue weighted by Crippen LogP contribution is 2.43. The van der Waals surface area contributed by atoms with Crippen LogP contribution in [0.4, 0.5) is 11.4 Å². The number of piperazine rings is 1. The number of carbonyl (C=O) groups is 2. The summed E-state index contributed by atoms with van der Waals surface area (Å²) < 4.78 is 10.2. The Bertz CT molecular complexity index is 1540. The van der Waals surface area contributed by atoms with Crippen LogP contribution < -0.4 is 15.5 Å². The summed E-state index contributed by atoms with van der Waals surface area (Å²) in [7, 11) is 2.47. The van der Waals surface area contributed by atoms with Crippen LogP contribution in [0.15, 0.2) is 108 Å². The predicted molar refractivity (Wildman–Crippen MR) is 160 cm³/mol. The fraction of sp³-hybridized carbons (Fsp3) is 0.242. The molecule has 0 spiro atoms. The minimum absolute atomic E-state index is 0.0140. The molecule has 1 atom stereocenters. The molecule has 9 nitrogen and oxygen atoms in total. The largest absolute Gasteiger partial charge is 0.466 e. The number of hydrogen-bond acceptors (Lipinski definition) is 9. The maximum Gasteiger partial charge on any atom is 0.355 e. The summed E-state index contributed by atoms with van der Waals surface area (Å²) in [5.74, 6) is -2.38. The molecule has 214 valence electrons. The first-order valence-electron chi connectivity index (χ1n) is 13.7. The van der Waals surface area contributed by atoms with Crippen molar-refractivity contribution in [3.63, 3.8) is 0 Å². The van der Waals surface area contributed by atoms with E-state index in [1.54, 1.807) is 24.3 Å². The Labute approximate surface area is 245 Å². The first-order valence-corrected chi connectivity index (χ1v) is 13.7. The van der Waals surface area contributed by atoms with E-state index < -0.39 is 17.9 Å². The number of carbonyl (C=O) groups excluding carboxylic acids is 2. The number of methoxy groups -OCH3 is 2. The molecule has 42 heavy (non-hydrogen) atoms. The highest BCUT2D eigenvalue weighted by atomic mass is 16.5. The lowest BCUT2D eigenvalue weighted by Gasteiger charge is -2.37. The second-order valence-electron chi connectivity index (χ2n) is 10.1. The van der Waals surface area contributed by atoms with Crippen molar-refractivity contribution in [1.82, 2.24) is 4.90 Å². The number of benzene rings is 3. The minimum atomic E-state index is -0.902. The van der Waals surface area contributed by atoms with Gasteiger partial charge in [-0.2, -0.15) is 5.26 Å². The highest BCUT2D eigenvalue weighted by molar-refractivity contribution is 6.06. The summed E-state index contributed by atoms with van der Waals surface area (Å²) in [6.45, 7) is 4.53. The number of nitrogens with two attached hydrogens (primary N) is 1. The van der Waals surface area contributed by atoms with Gasteiger partial charge >= 0.3 is 11.9 Å². The Morgan fingerprint density at radius 1 is 0.833 bits per heavy atom. The summed E-state index contributed by atoms with van der Waals surface area (Å²) in [6.07, 6.45) is 0. The van der Waals surface area contributed by atoms with Crippen LogP contribution in [-0.4, -0.2) is 57.2 Å². The fourth-order valence-electron chi connectivity index (χ4n) is 5.60. The van der Waals surface area contributed by atoms with Crippen molar-refractivity contribution >= 4 is 23.3 Å². The van der Waals surface area contributed by atoms with Gasteiger partial charge in [-0.1, -0.05) is 60.7 Å². The van der Waals surface area contributed by atoms with Crippen molar-refractivity contribution < 1.29 is 19.1 Å². The van der Waals surface area contributed by atoms with Crippen LogP contribution in [0.2, 0.25) is 0 Å². The number of allylic oxidation sites excluding steroid dienone is 1. The average molecular weight is 564 g/mol. The van der Waals surface area contributed by atoms with E-state index in [2.05, 4.69) is 40.1 Å². The van der Waals surface area contributed by atoms with Gasteiger partial charge in [-0.25, -0.2) is 9.59 Å². The monoisotopic (exact) mass is 563 g/mol. The number of ether oxygens (including phenoxy) is 2. The molecule has 1 saturated heterocycles. The van der Waals surface area contributed by atoms with Crippen molar-refractivity contribution in [2.45, 2.75) is 12.5 Å². The van der Waals surface area contributed by atoms with Crippen LogP contribution in [0.25, 0.3) is 0 Å². The number of anilines is 2. The summed E-state index contributed by atoms with van der Waals surface area (Å²) in [4.78, 5) is 32.7. The first kappa shape index (κ1) is 28.5. The third-order valence-corrected chi connectivity index (χ3v) is 7.70. The van der Waals surface area contributed by atoms with E-state index in [0.29, 0.717) is 11.3 Å². The molecular formula is C33H33N5O4. The van der Waals surface area contributed by atoms with Gasteiger partial charge in [0.2, 0.25) is 0 Å². The molecule has 0 amide bonds. The maximum atomic E-state index is 13.3. The molecule has 0 radical (unpaired) electrons. The van der Waals surface area contributed by atoms with Crippen LogP contribution in [0.5, 0.6) is 0 Å². The Kier molecular flexibility index (Phi) is 8.55. The van der Waals surface area contributed by atoms with Crippen molar-refractivity contribution in [3.8, 4) is 6.07 Å². The molecule has 1 fully saturated rings. The lowest BCUT2D eigenvalue weighted by molar-refractivity contribution is -0.139. The Morgan fingerprint density at radius 2 is 1.40 bits per heavy atom. The van der Waals surface area contributed by atoms with Crippen LogP contribution in [0.3, 0.4) is 0 Å². The standard InChI is InChI=1S/C33H33N5O4/c1-41-32(39)29-28(24-11-7-4-8-12-24)27(21-34)31(35)38(30(29)33(40)42-2)26-15-13-25(14-16-26)37-19-17-36(18-20-37)22-23-9-5-3-6-10-23/h3-16,28H,17-20,22,35H2,1-2H3. The Hall–Kier alpha value is -5.07. The van der Waals surface area contributed by atoms with E-state index in [4.69, 9.17) is 15.2 Å². The molecule has 2 N–H and O–H groups in total. The zero-order chi connectivity index (χ0) is 29.6. The van der Waals surface area contributed by atoms with Gasteiger partial charge in [-0.3, -0.25) is 9.80 Å². The number of esters is 2. The van der Waals surface area contributed by atoms with Gasteiger partial charge in [0.25, 0.3) is 0 Å². The van der Waals surface area contributed by atoms with Gasteiger partial charge in [-0.15, -0.1) is 0 Å². The summed E-state index contributed by atoms with van der Waals surface area (Å²) >= 11 is 0. The molecule has 1 unspecified atom stereocenters. The van der Waals surface area contributed by atoms with Gasteiger partial charge in [0.15, 0.2) is 0 Å². The minimum Gasteiger partial charge on any atom is -0.466 e. The quantitative estimate of drug-likeness (QED) is 0.428. The molecule has 0 aromatic heterocycles. The molecule has 3 aromatic rings. The molecule has 2 aliphatic rings. The fourth-order valence-corrected chi connectivity index (χ4v) is 5.60. The van der Waals surface area contributed by atoms with Crippen molar-refractivity contribution in [1.29, 1.82) is 5.26 Å². The van der Waals surface area contributed by atoms with Crippen LogP contribution in [0, 0.1) is 11.3 Å². The van der Waals surface area contributed by atoms with E-state index in [-0.39, 0.29) is 22.7 Å². The topological polar surface area (TPSA) is 112 Å². The van der Waals surface area contributed by atoms with E-state index >= 15 is 0 Å². The molecule has 2 aliphatic heterocycles. The van der Waals surface area contributed by atoms with Gasteiger partial charge in [0, 0.05) is 44.1 Å². The second-order valence-corrected chi connectivity index (χ2v) is 10.1. The van der Waals surface area contributed by atoms with Crippen LogP contribution in [0.1, 0.15) is 17.0 Å². The second kappa shape index (κ2) is 12.6. The molecule has 5 rings (SSSR count). The molecular weight excluding hydrogens is 530 g/mol. The smallest absolute Gasteiger partial charge is 0.355 e. The van der Waals surface area contributed by atoms with E-state index in [0.717, 1.165) is 38.4 Å². The van der Waals surface area contributed by atoms with Gasteiger partial charge in [0.05, 0.1) is 37.4 Å². The number of rotatable bonds is 7. The number of nitriles is 1. The summed E-state index contributed by atoms with van der Waals surface area (Å²) in [5.41, 5.74) is 10.1. The molecule has 0 aliphatic carbocycles. The highest BCUT2D eigenvalue weighted by Gasteiger charge is 2.43. The number of hydrogen-bond donors (Lipinski definition) is 1. The lowest BCUT2D eigenvalue weighted by Crippen LogP contribution is -2.46. The average Bonchev–Trinajstić information content (AvgIpc) is 3.04. The van der Waals surface area contributed by atoms with Gasteiger partial charge in [-0.05, 0) is 35.4 Å². The molecule has 2 heterocycles. The van der Waals surface area contributed by atoms with Crippen LogP contribution in [-0.2, 0) is 25.6 Å². The zero-order valence-electron chi connectivity index (χ0n) is 23.7. The van der Waals surface area contributed by atoms with Crippen molar-refractivity contribution in [3.05, 3.63) is 119 Å². The lowest BCUT2D eigenvalue weighted by atomic mass is 9.81. The molecule has 0 saturated carbocycles. The number of nitrogens with zero attached hydrogens (tertiary/aromatic N) is 4. The first-order chi connectivity index (χ1) is 20.5. The SMILES string of the molecule is COC(=O)C1=C(C(=O)OC)N(c2ccc(N3CCN(Cc4ccccc4)CC3)cc2)C(N)=C(C#N)C1c1ccccc1. The van der Waals surface area contributed by atoms with Gasteiger partial charge in [0.1, 0.15) is 11.5 Å². The van der Waals surface area contributed by atoms with Crippen molar-refractivity contribution in [2.24, 2.45) is 5.73 Å². The van der Waals surface area contributed by atoms with E-state index in [1.807, 2.05) is 36.4 Å². The van der Waals surface area contributed by atoms with Crippen LogP contribution >= 0.6 is 0 Å². The van der Waals surface area contributed by atoms with Gasteiger partial charge < -0.3 is 20.1 Å². The third-order valence-electron chi connectivity index (χ3n) is 7.70. The van der Waals surface area contributed by atoms with Crippen molar-refractivity contribution in [2.75, 3.05) is 50.2 Å². The van der Waals surface area contributed by atoms with E-state index in [9.17, 15) is 14.9 Å². The Morgan fingerprint density at radius 3 is 1.98 bits per heavy atom. The zero-order valence-corrected chi connectivity index (χ0v) is 23.7. The molecule has 3 aromatic carbocycles. The summed E-state index contributed by atoms with van der Waals surface area (Å²) in [5, 5.41) is 10.2. The Balaban J connectivity index is 1.46. The normalized spacial score (nSPS) is 17.6. The summed E-state index contributed by atoms with van der Waals surface area (Å²) in [6, 6.07) is 29.2. The third kappa shape index (κ3) is 5.57. The predicted octanol–water partition coefficient (Wildman–Crippen LogP) is 3.91. The molecule has 0 bridgehead atoms. The maximum absolute atomic E-state index is 13.3. The van der Waals surface area contributed by atoms with E-state index in [1.165, 1.54) is 24.7 Å². The molecule has 9 heteroatoms.